The number of nitrogens with one attached hydrogen (secondary N) is 2. The number of halogens is 1. The van der Waals surface area contributed by atoms with Gasteiger partial charge in [0.25, 0.3) is 0 Å². The van der Waals surface area contributed by atoms with E-state index in [1.807, 2.05) is 30.3 Å². The Balaban J connectivity index is 1.88. The highest BCUT2D eigenvalue weighted by Crippen LogP contribution is 2.33. The van der Waals surface area contributed by atoms with Gasteiger partial charge in [-0.25, -0.2) is 0 Å². The lowest BCUT2D eigenvalue weighted by molar-refractivity contribution is -0.120. The van der Waals surface area contributed by atoms with Crippen molar-refractivity contribution in [3.63, 3.8) is 0 Å². The van der Waals surface area contributed by atoms with Crippen LogP contribution in [0, 0.1) is 5.92 Å². The molecule has 0 radical (unpaired) electrons. The highest BCUT2D eigenvalue weighted by atomic mass is 35.5. The van der Waals surface area contributed by atoms with Crippen molar-refractivity contribution in [3.8, 4) is 11.1 Å². The number of benzene rings is 1. The summed E-state index contributed by atoms with van der Waals surface area (Å²) in [6.07, 6.45) is 5.01. The Morgan fingerprint density at radius 2 is 1.91 bits per heavy atom. The smallest absolute Gasteiger partial charge is 0.227 e. The van der Waals surface area contributed by atoms with Gasteiger partial charge >= 0.3 is 0 Å². The number of nitrogens with zero attached hydrogens (tertiary/aromatic N) is 1. The summed E-state index contributed by atoms with van der Waals surface area (Å²) in [5.41, 5.74) is 2.47. The summed E-state index contributed by atoms with van der Waals surface area (Å²) in [5, 5.41) is 6.74. The number of piperidine rings is 1. The van der Waals surface area contributed by atoms with Gasteiger partial charge < -0.3 is 10.6 Å². The molecule has 0 aliphatic carbocycles. The van der Waals surface area contributed by atoms with Crippen molar-refractivity contribution < 1.29 is 4.79 Å². The van der Waals surface area contributed by atoms with Crippen LogP contribution in [-0.4, -0.2) is 24.0 Å². The molecule has 2 heterocycles. The van der Waals surface area contributed by atoms with Crippen molar-refractivity contribution >= 4 is 23.2 Å². The van der Waals surface area contributed by atoms with E-state index in [0.717, 1.165) is 37.1 Å². The van der Waals surface area contributed by atoms with Crippen LogP contribution >= 0.6 is 11.6 Å². The van der Waals surface area contributed by atoms with Crippen LogP contribution in [0.25, 0.3) is 11.1 Å². The van der Waals surface area contributed by atoms with Crippen LogP contribution < -0.4 is 10.6 Å². The van der Waals surface area contributed by atoms with Gasteiger partial charge in [-0.15, -0.1) is 0 Å². The molecule has 0 bridgehead atoms. The van der Waals surface area contributed by atoms with Crippen LogP contribution in [0.5, 0.6) is 0 Å². The predicted octanol–water partition coefficient (Wildman–Crippen LogP) is 3.34. The fourth-order valence-corrected chi connectivity index (χ4v) is 2.91. The molecule has 5 heteroatoms. The topological polar surface area (TPSA) is 54.0 Å². The molecule has 2 N–H and O–H groups in total. The summed E-state index contributed by atoms with van der Waals surface area (Å²) in [6, 6.07) is 9.82. The van der Waals surface area contributed by atoms with E-state index in [1.54, 1.807) is 12.4 Å². The molecular weight excluding hydrogens is 298 g/mol. The van der Waals surface area contributed by atoms with Crippen LogP contribution in [-0.2, 0) is 4.79 Å². The quantitative estimate of drug-likeness (QED) is 0.913. The number of rotatable bonds is 3. The van der Waals surface area contributed by atoms with Crippen molar-refractivity contribution in [2.45, 2.75) is 12.8 Å². The Kier molecular flexibility index (Phi) is 4.71. The molecule has 1 aromatic heterocycles. The number of pyridine rings is 1. The van der Waals surface area contributed by atoms with E-state index in [1.165, 1.54) is 0 Å². The molecular formula is C17H18ClN3O. The van der Waals surface area contributed by atoms with Gasteiger partial charge in [0.05, 0.1) is 10.7 Å². The zero-order chi connectivity index (χ0) is 15.4. The predicted molar refractivity (Wildman–Crippen MR) is 88.9 cm³/mol. The number of hydrogen-bond donors (Lipinski definition) is 2. The minimum atomic E-state index is 0.0341. The Hall–Kier alpha value is -1.91. The van der Waals surface area contributed by atoms with Gasteiger partial charge in [-0.1, -0.05) is 41.9 Å². The van der Waals surface area contributed by atoms with Gasteiger partial charge in [0.15, 0.2) is 0 Å². The summed E-state index contributed by atoms with van der Waals surface area (Å²) in [5.74, 6) is 0.0703. The highest BCUT2D eigenvalue weighted by Gasteiger charge is 2.22. The first-order valence-electron chi connectivity index (χ1n) is 7.46. The molecule has 3 rings (SSSR count). The number of carbonyl (C=O) groups excluding carboxylic acids is 1. The van der Waals surface area contributed by atoms with E-state index < -0.39 is 0 Å². The van der Waals surface area contributed by atoms with Gasteiger partial charge in [0.2, 0.25) is 5.91 Å². The fourth-order valence-electron chi connectivity index (χ4n) is 2.71. The lowest BCUT2D eigenvalue weighted by Gasteiger charge is -2.22. The van der Waals surface area contributed by atoms with E-state index in [0.29, 0.717) is 10.7 Å². The van der Waals surface area contributed by atoms with Gasteiger partial charge in [-0.05, 0) is 31.5 Å². The maximum absolute atomic E-state index is 12.5. The standard InChI is InChI=1S/C17H18ClN3O/c18-15-11-20-10-14(12-4-2-1-3-5-12)16(15)21-17(22)13-6-8-19-9-7-13/h1-5,10-11,13,19H,6-9H2,(H,20,21,22). The van der Waals surface area contributed by atoms with Gasteiger partial charge in [0.1, 0.15) is 0 Å². The summed E-state index contributed by atoms with van der Waals surface area (Å²) in [7, 11) is 0. The van der Waals surface area contributed by atoms with Crippen molar-refractivity contribution in [1.29, 1.82) is 0 Å². The third kappa shape index (κ3) is 3.29. The second-order valence-electron chi connectivity index (χ2n) is 5.42. The minimum absolute atomic E-state index is 0.0341. The van der Waals surface area contributed by atoms with E-state index in [4.69, 9.17) is 11.6 Å². The molecule has 114 valence electrons. The number of anilines is 1. The zero-order valence-corrected chi connectivity index (χ0v) is 12.9. The number of aromatic nitrogens is 1. The molecule has 1 fully saturated rings. The Bertz CT molecular complexity index is 654. The first kappa shape index (κ1) is 15.0. The van der Waals surface area contributed by atoms with Crippen molar-refractivity contribution in [2.75, 3.05) is 18.4 Å². The van der Waals surface area contributed by atoms with Crippen molar-refractivity contribution in [2.24, 2.45) is 5.92 Å². The molecule has 1 amide bonds. The summed E-state index contributed by atoms with van der Waals surface area (Å²) in [4.78, 5) is 16.6. The average Bonchev–Trinajstić information content (AvgIpc) is 2.58. The van der Waals surface area contributed by atoms with Crippen LogP contribution in [0.15, 0.2) is 42.7 Å². The number of amides is 1. The molecule has 0 saturated carbocycles. The van der Waals surface area contributed by atoms with E-state index in [-0.39, 0.29) is 11.8 Å². The van der Waals surface area contributed by atoms with E-state index >= 15 is 0 Å². The molecule has 22 heavy (non-hydrogen) atoms. The molecule has 4 nitrogen and oxygen atoms in total. The Morgan fingerprint density at radius 3 is 2.64 bits per heavy atom. The third-order valence-corrected chi connectivity index (χ3v) is 4.23. The summed E-state index contributed by atoms with van der Waals surface area (Å²) >= 11 is 6.27. The maximum atomic E-state index is 12.5. The zero-order valence-electron chi connectivity index (χ0n) is 12.2. The maximum Gasteiger partial charge on any atom is 0.227 e. The molecule has 0 atom stereocenters. The molecule has 1 saturated heterocycles. The molecule has 2 aromatic rings. The Morgan fingerprint density at radius 1 is 1.18 bits per heavy atom. The summed E-state index contributed by atoms with van der Waals surface area (Å²) < 4.78 is 0. The molecule has 0 unspecified atom stereocenters. The lowest BCUT2D eigenvalue weighted by atomic mass is 9.97. The highest BCUT2D eigenvalue weighted by molar-refractivity contribution is 6.34. The first-order chi connectivity index (χ1) is 10.8. The molecule has 0 spiro atoms. The normalized spacial score (nSPS) is 15.5. The average molecular weight is 316 g/mol. The van der Waals surface area contributed by atoms with E-state index in [9.17, 15) is 4.79 Å². The Labute approximate surface area is 134 Å². The number of carbonyl (C=O) groups is 1. The fraction of sp³-hybridized carbons (Fsp3) is 0.294. The SMILES string of the molecule is O=C(Nc1c(Cl)cncc1-c1ccccc1)C1CCNCC1. The largest absolute Gasteiger partial charge is 0.324 e. The van der Waals surface area contributed by atoms with Crippen LogP contribution in [0.3, 0.4) is 0 Å². The van der Waals surface area contributed by atoms with Crippen LogP contribution in [0.1, 0.15) is 12.8 Å². The minimum Gasteiger partial charge on any atom is -0.324 e. The van der Waals surface area contributed by atoms with E-state index in [2.05, 4.69) is 15.6 Å². The monoisotopic (exact) mass is 315 g/mol. The van der Waals surface area contributed by atoms with Crippen molar-refractivity contribution in [1.82, 2.24) is 10.3 Å². The lowest BCUT2D eigenvalue weighted by Crippen LogP contribution is -2.34. The number of hydrogen-bond acceptors (Lipinski definition) is 3. The second-order valence-corrected chi connectivity index (χ2v) is 5.83. The molecule has 1 aromatic carbocycles. The molecule has 1 aliphatic rings. The molecule has 1 aliphatic heterocycles. The van der Waals surface area contributed by atoms with Gasteiger partial charge in [0, 0.05) is 23.9 Å². The van der Waals surface area contributed by atoms with Gasteiger partial charge in [-0.2, -0.15) is 0 Å². The second kappa shape index (κ2) is 6.90. The van der Waals surface area contributed by atoms with Crippen LogP contribution in [0.4, 0.5) is 5.69 Å². The van der Waals surface area contributed by atoms with Crippen LogP contribution in [0.2, 0.25) is 5.02 Å². The first-order valence-corrected chi connectivity index (χ1v) is 7.84. The summed E-state index contributed by atoms with van der Waals surface area (Å²) in [6.45, 7) is 1.77. The van der Waals surface area contributed by atoms with Crippen molar-refractivity contribution in [3.05, 3.63) is 47.7 Å². The van der Waals surface area contributed by atoms with Gasteiger partial charge in [-0.3, -0.25) is 9.78 Å². The third-order valence-electron chi connectivity index (χ3n) is 3.94.